The van der Waals surface area contributed by atoms with E-state index in [4.69, 9.17) is 23.2 Å². The molecule has 0 atom stereocenters. The minimum absolute atomic E-state index is 0.301. The van der Waals surface area contributed by atoms with Gasteiger partial charge in [0.15, 0.2) is 0 Å². The van der Waals surface area contributed by atoms with Gasteiger partial charge in [0.2, 0.25) is 10.9 Å². The summed E-state index contributed by atoms with van der Waals surface area (Å²) in [5, 5.41) is 0.675. The highest BCUT2D eigenvalue weighted by molar-refractivity contribution is 7.74. The lowest BCUT2D eigenvalue weighted by Crippen LogP contribution is -2.14. The minimum Gasteiger partial charge on any atom is -0.241 e. The second kappa shape index (κ2) is 5.82. The summed E-state index contributed by atoms with van der Waals surface area (Å²) in [7, 11) is -2.84. The first-order valence-electron chi connectivity index (χ1n) is 5.30. The number of halogens is 2. The Labute approximate surface area is 123 Å². The van der Waals surface area contributed by atoms with E-state index in [1.807, 2.05) is 0 Å². The van der Waals surface area contributed by atoms with Crippen molar-refractivity contribution in [1.29, 1.82) is 0 Å². The van der Waals surface area contributed by atoms with Crippen LogP contribution in [0, 0.1) is 6.92 Å². The smallest absolute Gasteiger partial charge is 0.229 e. The zero-order valence-electron chi connectivity index (χ0n) is 9.72. The molecule has 19 heavy (non-hydrogen) atoms. The van der Waals surface area contributed by atoms with Crippen molar-refractivity contribution in [3.05, 3.63) is 65.0 Å². The van der Waals surface area contributed by atoms with Crippen molar-refractivity contribution >= 4 is 45.5 Å². The second-order valence-electron chi connectivity index (χ2n) is 3.81. The maximum atomic E-state index is 11.5. The van der Waals surface area contributed by atoms with E-state index in [0.717, 1.165) is 9.87 Å². The summed E-state index contributed by atoms with van der Waals surface area (Å²) in [5.74, 6) is 0. The first kappa shape index (κ1) is 14.2. The molecule has 99 valence electrons. The number of anilines is 2. The molecule has 6 heteroatoms. The molecule has 0 saturated carbocycles. The molecule has 2 aromatic carbocycles. The first-order valence-corrected chi connectivity index (χ1v) is 7.19. The fourth-order valence-corrected chi connectivity index (χ4v) is 2.52. The Morgan fingerprint density at radius 1 is 0.895 bits per heavy atom. The van der Waals surface area contributed by atoms with Gasteiger partial charge in [-0.1, -0.05) is 35.3 Å². The number of rotatable bonds is 3. The molecule has 0 heterocycles. The zero-order valence-corrected chi connectivity index (χ0v) is 12.1. The third-order valence-electron chi connectivity index (χ3n) is 2.49. The maximum Gasteiger partial charge on any atom is 0.229 e. The minimum atomic E-state index is -2.84. The van der Waals surface area contributed by atoms with E-state index in [1.54, 1.807) is 36.4 Å². The highest BCUT2D eigenvalue weighted by atomic mass is 35.5. The molecule has 0 spiro atoms. The largest absolute Gasteiger partial charge is 0.241 e. The third kappa shape index (κ3) is 3.21. The van der Waals surface area contributed by atoms with Gasteiger partial charge in [0, 0.05) is 0 Å². The highest BCUT2D eigenvalue weighted by Crippen LogP contribution is 2.31. The molecule has 0 amide bonds. The summed E-state index contributed by atoms with van der Waals surface area (Å²) in [6, 6.07) is 11.5. The van der Waals surface area contributed by atoms with Gasteiger partial charge >= 0.3 is 0 Å². The van der Waals surface area contributed by atoms with Gasteiger partial charge in [-0.25, -0.2) is 12.7 Å². The van der Waals surface area contributed by atoms with Crippen LogP contribution in [0.4, 0.5) is 11.4 Å². The van der Waals surface area contributed by atoms with Crippen LogP contribution < -0.4 is 4.31 Å². The number of thiol groups is 1. The standard InChI is InChI=1S/C13H10Cl2NO2S/c1-9-2-4-10(5-3-9)16(19(17)18)11-6-7-12(14)13(15)8-11/h2-8,19H,1H2. The fourth-order valence-electron chi connectivity index (χ4n) is 1.59. The van der Waals surface area contributed by atoms with E-state index in [0.29, 0.717) is 21.4 Å². The number of nitrogens with zero attached hydrogens (tertiary/aromatic N) is 1. The van der Waals surface area contributed by atoms with Gasteiger partial charge in [-0.15, -0.1) is 0 Å². The molecule has 0 saturated heterocycles. The van der Waals surface area contributed by atoms with Crippen molar-refractivity contribution in [2.45, 2.75) is 0 Å². The highest BCUT2D eigenvalue weighted by Gasteiger charge is 2.12. The maximum absolute atomic E-state index is 11.5. The predicted octanol–water partition coefficient (Wildman–Crippen LogP) is 3.84. The molecule has 2 aromatic rings. The molecule has 0 aromatic heterocycles. The predicted molar refractivity (Wildman–Crippen MR) is 79.8 cm³/mol. The van der Waals surface area contributed by atoms with E-state index in [9.17, 15) is 8.42 Å². The average molecular weight is 315 g/mol. The molecule has 0 aliphatic heterocycles. The van der Waals surface area contributed by atoms with Crippen molar-refractivity contribution in [3.63, 3.8) is 0 Å². The van der Waals surface area contributed by atoms with E-state index < -0.39 is 10.9 Å². The lowest BCUT2D eigenvalue weighted by atomic mass is 10.2. The molecule has 0 aliphatic carbocycles. The topological polar surface area (TPSA) is 37.4 Å². The normalized spacial score (nSPS) is 10.7. The molecule has 0 fully saturated rings. The van der Waals surface area contributed by atoms with Gasteiger partial charge < -0.3 is 0 Å². The van der Waals surface area contributed by atoms with Crippen molar-refractivity contribution in [1.82, 2.24) is 0 Å². The molecule has 2 rings (SSSR count). The third-order valence-corrected chi connectivity index (χ3v) is 4.02. The Hall–Kier alpha value is -1.23. The van der Waals surface area contributed by atoms with Gasteiger partial charge in [-0.3, -0.25) is 0 Å². The number of hydrogen-bond acceptors (Lipinski definition) is 2. The van der Waals surface area contributed by atoms with Crippen LogP contribution in [0.2, 0.25) is 10.0 Å². The lowest BCUT2D eigenvalue weighted by molar-refractivity contribution is 0.614. The van der Waals surface area contributed by atoms with Crippen LogP contribution >= 0.6 is 23.2 Å². The fraction of sp³-hybridized carbons (Fsp3) is 0. The van der Waals surface area contributed by atoms with Crippen molar-refractivity contribution < 1.29 is 8.42 Å². The zero-order chi connectivity index (χ0) is 14.0. The van der Waals surface area contributed by atoms with Crippen LogP contribution in [-0.2, 0) is 10.9 Å². The van der Waals surface area contributed by atoms with E-state index >= 15 is 0 Å². The molecule has 0 unspecified atom stereocenters. The lowest BCUT2D eigenvalue weighted by Gasteiger charge is -2.18. The summed E-state index contributed by atoms with van der Waals surface area (Å²) in [4.78, 5) is 0. The monoisotopic (exact) mass is 314 g/mol. The first-order chi connectivity index (χ1) is 8.99. The Kier molecular flexibility index (Phi) is 4.34. The molecule has 3 nitrogen and oxygen atoms in total. The molecule has 1 radical (unpaired) electrons. The Balaban J connectivity index is 2.51. The summed E-state index contributed by atoms with van der Waals surface area (Å²) in [5.41, 5.74) is 1.75. The molecule has 0 N–H and O–H groups in total. The summed E-state index contributed by atoms with van der Waals surface area (Å²) >= 11 is 11.7. The van der Waals surface area contributed by atoms with Crippen LogP contribution in [0.15, 0.2) is 42.5 Å². The van der Waals surface area contributed by atoms with Gasteiger partial charge in [0.05, 0.1) is 21.4 Å². The molecule has 0 aliphatic rings. The van der Waals surface area contributed by atoms with Gasteiger partial charge in [-0.05, 0) is 42.8 Å². The Morgan fingerprint density at radius 2 is 1.47 bits per heavy atom. The molecular weight excluding hydrogens is 305 g/mol. The van der Waals surface area contributed by atoms with E-state index in [-0.39, 0.29) is 0 Å². The van der Waals surface area contributed by atoms with E-state index in [2.05, 4.69) is 6.92 Å². The van der Waals surface area contributed by atoms with Crippen molar-refractivity contribution in [2.24, 2.45) is 0 Å². The van der Waals surface area contributed by atoms with Crippen LogP contribution in [0.25, 0.3) is 0 Å². The summed E-state index contributed by atoms with van der Waals surface area (Å²) < 4.78 is 24.1. The average Bonchev–Trinajstić information content (AvgIpc) is 2.36. The molecular formula is C13H10Cl2NO2S. The van der Waals surface area contributed by atoms with Crippen LogP contribution in [0.1, 0.15) is 5.56 Å². The van der Waals surface area contributed by atoms with Gasteiger partial charge in [-0.2, -0.15) is 0 Å². The molecule has 0 bridgehead atoms. The summed E-state index contributed by atoms with van der Waals surface area (Å²) in [6.07, 6.45) is 0. The summed E-state index contributed by atoms with van der Waals surface area (Å²) in [6.45, 7) is 3.76. The van der Waals surface area contributed by atoms with Crippen molar-refractivity contribution in [2.75, 3.05) is 4.31 Å². The Morgan fingerprint density at radius 3 is 2.00 bits per heavy atom. The van der Waals surface area contributed by atoms with Gasteiger partial charge in [0.1, 0.15) is 0 Å². The van der Waals surface area contributed by atoms with Crippen LogP contribution in [0.5, 0.6) is 0 Å². The quantitative estimate of drug-likeness (QED) is 0.874. The van der Waals surface area contributed by atoms with Crippen molar-refractivity contribution in [3.8, 4) is 0 Å². The number of benzene rings is 2. The Bertz CT molecular complexity index is 661. The number of hydrogen-bond donors (Lipinski definition) is 1. The van der Waals surface area contributed by atoms with Gasteiger partial charge in [0.25, 0.3) is 0 Å². The van der Waals surface area contributed by atoms with E-state index in [1.165, 1.54) is 6.07 Å². The van der Waals surface area contributed by atoms with Crippen LogP contribution in [0.3, 0.4) is 0 Å². The second-order valence-corrected chi connectivity index (χ2v) is 5.50. The van der Waals surface area contributed by atoms with Crippen LogP contribution in [-0.4, -0.2) is 8.42 Å². The SMILES string of the molecule is [CH2]c1ccc(N(c2ccc(Cl)c(Cl)c2)[SH](=O)=O)cc1.